The first kappa shape index (κ1) is 12.0. The summed E-state index contributed by atoms with van der Waals surface area (Å²) in [4.78, 5) is 26.5. The van der Waals surface area contributed by atoms with Gasteiger partial charge in [0, 0.05) is 38.5 Å². The maximum Gasteiger partial charge on any atom is 0.223 e. The molecule has 0 aromatic heterocycles. The van der Waals surface area contributed by atoms with Gasteiger partial charge in [0.15, 0.2) is 0 Å². The van der Waals surface area contributed by atoms with Crippen molar-refractivity contribution in [1.82, 2.24) is 9.80 Å². The highest BCUT2D eigenvalue weighted by molar-refractivity contribution is 5.84. The fourth-order valence-electron chi connectivity index (χ4n) is 1.55. The highest BCUT2D eigenvalue weighted by Gasteiger charge is 2.22. The predicted octanol–water partition coefficient (Wildman–Crippen LogP) is -0.728. The lowest BCUT2D eigenvalue weighted by atomic mass is 10.1. The van der Waals surface area contributed by atoms with E-state index in [-0.39, 0.29) is 18.2 Å². The summed E-state index contributed by atoms with van der Waals surface area (Å²) in [6.07, 6.45) is 0.235. The third kappa shape index (κ3) is 3.51. The molecule has 1 saturated heterocycles. The van der Waals surface area contributed by atoms with Crippen LogP contribution >= 0.6 is 0 Å². The van der Waals surface area contributed by atoms with Gasteiger partial charge in [0.2, 0.25) is 11.8 Å². The standard InChI is InChI=1S/C10H19N3O2/c1-8(10(11)15)7-9(14)13-5-3-12(2)4-6-13/h8H,3-7H2,1-2H3,(H2,11,15). The Labute approximate surface area is 90.2 Å². The van der Waals surface area contributed by atoms with Crippen molar-refractivity contribution >= 4 is 11.8 Å². The molecular weight excluding hydrogens is 194 g/mol. The Hall–Kier alpha value is -1.10. The van der Waals surface area contributed by atoms with Crippen molar-refractivity contribution in [3.8, 4) is 0 Å². The molecule has 0 aliphatic carbocycles. The second-order valence-electron chi connectivity index (χ2n) is 4.19. The van der Waals surface area contributed by atoms with Crippen LogP contribution in [0, 0.1) is 5.92 Å². The molecule has 15 heavy (non-hydrogen) atoms. The van der Waals surface area contributed by atoms with Crippen LogP contribution in [0.5, 0.6) is 0 Å². The largest absolute Gasteiger partial charge is 0.369 e. The molecule has 1 aliphatic heterocycles. The van der Waals surface area contributed by atoms with E-state index in [1.807, 2.05) is 7.05 Å². The molecule has 1 fully saturated rings. The number of piperazine rings is 1. The monoisotopic (exact) mass is 213 g/mol. The number of hydrogen-bond donors (Lipinski definition) is 1. The molecular formula is C10H19N3O2. The zero-order chi connectivity index (χ0) is 11.4. The van der Waals surface area contributed by atoms with Crippen molar-refractivity contribution in [2.75, 3.05) is 33.2 Å². The van der Waals surface area contributed by atoms with E-state index in [0.717, 1.165) is 26.2 Å². The van der Waals surface area contributed by atoms with Gasteiger partial charge in [-0.15, -0.1) is 0 Å². The molecule has 0 aromatic carbocycles. The SMILES string of the molecule is CC(CC(=O)N1CCN(C)CC1)C(N)=O. The molecule has 2 amide bonds. The summed E-state index contributed by atoms with van der Waals surface area (Å²) in [7, 11) is 2.04. The number of carbonyl (C=O) groups is 2. The molecule has 0 aromatic rings. The van der Waals surface area contributed by atoms with E-state index < -0.39 is 5.91 Å². The minimum atomic E-state index is -0.405. The average molecular weight is 213 g/mol. The number of carbonyl (C=O) groups excluding carboxylic acids is 2. The van der Waals surface area contributed by atoms with Gasteiger partial charge in [-0.05, 0) is 7.05 Å². The summed E-state index contributed by atoms with van der Waals surface area (Å²) >= 11 is 0. The van der Waals surface area contributed by atoms with Gasteiger partial charge in [-0.3, -0.25) is 9.59 Å². The highest BCUT2D eigenvalue weighted by Crippen LogP contribution is 2.07. The maximum atomic E-state index is 11.7. The Balaban J connectivity index is 2.37. The van der Waals surface area contributed by atoms with Gasteiger partial charge in [-0.1, -0.05) is 6.92 Å². The molecule has 0 radical (unpaired) electrons. The Morgan fingerprint density at radius 2 is 1.80 bits per heavy atom. The van der Waals surface area contributed by atoms with Gasteiger partial charge in [-0.2, -0.15) is 0 Å². The second-order valence-corrected chi connectivity index (χ2v) is 4.19. The second kappa shape index (κ2) is 5.11. The van der Waals surface area contributed by atoms with E-state index in [0.29, 0.717) is 0 Å². The summed E-state index contributed by atoms with van der Waals surface area (Å²) in [5, 5.41) is 0. The van der Waals surface area contributed by atoms with Crippen molar-refractivity contribution in [2.45, 2.75) is 13.3 Å². The Morgan fingerprint density at radius 3 is 2.27 bits per heavy atom. The third-order valence-corrected chi connectivity index (χ3v) is 2.82. The molecule has 1 unspecified atom stereocenters. The molecule has 1 atom stereocenters. The van der Waals surface area contributed by atoms with Crippen molar-refractivity contribution in [1.29, 1.82) is 0 Å². The van der Waals surface area contributed by atoms with E-state index >= 15 is 0 Å². The molecule has 2 N–H and O–H groups in total. The normalized spacial score (nSPS) is 20.0. The molecule has 0 bridgehead atoms. The topological polar surface area (TPSA) is 66.6 Å². The van der Waals surface area contributed by atoms with E-state index in [1.165, 1.54) is 0 Å². The maximum absolute atomic E-state index is 11.7. The summed E-state index contributed by atoms with van der Waals surface area (Å²) in [5.74, 6) is -0.732. The van der Waals surface area contributed by atoms with Crippen LogP contribution in [0.15, 0.2) is 0 Å². The Bertz CT molecular complexity index is 247. The van der Waals surface area contributed by atoms with Crippen molar-refractivity contribution < 1.29 is 9.59 Å². The summed E-state index contributed by atoms with van der Waals surface area (Å²) in [6, 6.07) is 0. The number of hydrogen-bond acceptors (Lipinski definition) is 3. The summed E-state index contributed by atoms with van der Waals surface area (Å²) in [6.45, 7) is 4.99. The van der Waals surface area contributed by atoms with Crippen LogP contribution in [0.4, 0.5) is 0 Å². The van der Waals surface area contributed by atoms with Crippen molar-refractivity contribution in [3.05, 3.63) is 0 Å². The lowest BCUT2D eigenvalue weighted by molar-refractivity contribution is -0.136. The lowest BCUT2D eigenvalue weighted by Gasteiger charge is -2.32. The number of nitrogens with zero attached hydrogens (tertiary/aromatic N) is 2. The quantitative estimate of drug-likeness (QED) is 0.672. The van der Waals surface area contributed by atoms with Crippen molar-refractivity contribution in [2.24, 2.45) is 11.7 Å². The molecule has 86 valence electrons. The average Bonchev–Trinajstić information content (AvgIpc) is 2.18. The van der Waals surface area contributed by atoms with Gasteiger partial charge < -0.3 is 15.5 Å². The van der Waals surface area contributed by atoms with Gasteiger partial charge in [0.05, 0.1) is 0 Å². The zero-order valence-electron chi connectivity index (χ0n) is 9.40. The van der Waals surface area contributed by atoms with E-state index in [1.54, 1.807) is 11.8 Å². The predicted molar refractivity (Wildman–Crippen MR) is 57.1 cm³/mol. The number of primary amides is 1. The van der Waals surface area contributed by atoms with Gasteiger partial charge in [-0.25, -0.2) is 0 Å². The Kier molecular flexibility index (Phi) is 4.08. The number of rotatable bonds is 3. The van der Waals surface area contributed by atoms with Crippen LogP contribution in [0.3, 0.4) is 0 Å². The smallest absolute Gasteiger partial charge is 0.223 e. The van der Waals surface area contributed by atoms with Gasteiger partial charge >= 0.3 is 0 Å². The van der Waals surface area contributed by atoms with Crippen LogP contribution in [0.25, 0.3) is 0 Å². The van der Waals surface area contributed by atoms with E-state index in [9.17, 15) is 9.59 Å². The van der Waals surface area contributed by atoms with Crippen LogP contribution in [0.1, 0.15) is 13.3 Å². The van der Waals surface area contributed by atoms with Crippen LogP contribution in [-0.2, 0) is 9.59 Å². The van der Waals surface area contributed by atoms with Crippen LogP contribution in [-0.4, -0.2) is 54.8 Å². The molecule has 1 heterocycles. The van der Waals surface area contributed by atoms with E-state index in [2.05, 4.69) is 4.90 Å². The van der Waals surface area contributed by atoms with Crippen LogP contribution < -0.4 is 5.73 Å². The molecule has 1 aliphatic rings. The third-order valence-electron chi connectivity index (χ3n) is 2.82. The fourth-order valence-corrected chi connectivity index (χ4v) is 1.55. The number of nitrogens with two attached hydrogens (primary N) is 1. The van der Waals surface area contributed by atoms with E-state index in [4.69, 9.17) is 5.73 Å². The zero-order valence-corrected chi connectivity index (χ0v) is 9.40. The number of amides is 2. The minimum absolute atomic E-state index is 0.0365. The fraction of sp³-hybridized carbons (Fsp3) is 0.800. The summed E-state index contributed by atoms with van der Waals surface area (Å²) in [5.41, 5.74) is 5.12. The van der Waals surface area contributed by atoms with Gasteiger partial charge in [0.1, 0.15) is 0 Å². The first-order valence-corrected chi connectivity index (χ1v) is 5.26. The molecule has 0 spiro atoms. The molecule has 0 saturated carbocycles. The minimum Gasteiger partial charge on any atom is -0.369 e. The Morgan fingerprint density at radius 1 is 1.27 bits per heavy atom. The molecule has 5 heteroatoms. The molecule has 1 rings (SSSR count). The number of likely N-dealkylation sites (N-methyl/N-ethyl adjacent to an activating group) is 1. The highest BCUT2D eigenvalue weighted by atomic mass is 16.2. The van der Waals surface area contributed by atoms with Crippen molar-refractivity contribution in [3.63, 3.8) is 0 Å². The first-order valence-electron chi connectivity index (χ1n) is 5.26. The van der Waals surface area contributed by atoms with Crippen LogP contribution in [0.2, 0.25) is 0 Å². The molecule has 5 nitrogen and oxygen atoms in total. The summed E-state index contributed by atoms with van der Waals surface area (Å²) < 4.78 is 0. The first-order chi connectivity index (χ1) is 7.00. The van der Waals surface area contributed by atoms with Gasteiger partial charge in [0.25, 0.3) is 0 Å². The lowest BCUT2D eigenvalue weighted by Crippen LogP contribution is -2.47.